The summed E-state index contributed by atoms with van der Waals surface area (Å²) < 4.78 is 0. The number of rotatable bonds is 0. The zero-order valence-corrected chi connectivity index (χ0v) is 8.13. The second-order valence-electron chi connectivity index (χ2n) is 3.03. The molecule has 1 fully saturated rings. The quantitative estimate of drug-likeness (QED) is 0.493. The number of hydrogen-bond acceptors (Lipinski definition) is 0. The summed E-state index contributed by atoms with van der Waals surface area (Å²) in [6, 6.07) is 0. The molecular formula is C8H16ClP. The van der Waals surface area contributed by atoms with Crippen molar-refractivity contribution >= 4 is 18.5 Å². The van der Waals surface area contributed by atoms with Crippen molar-refractivity contribution in [1.82, 2.24) is 0 Å². The lowest BCUT2D eigenvalue weighted by Gasteiger charge is -2.05. The molecule has 0 aromatic carbocycles. The molecule has 1 heterocycles. The van der Waals surface area contributed by atoms with E-state index in [0.717, 1.165) is 0 Å². The Hall–Kier alpha value is 0.720. The second-order valence-corrected chi connectivity index (χ2v) is 6.29. The smallest absolute Gasteiger partial charge is 0.00973 e. The van der Waals surface area contributed by atoms with Gasteiger partial charge in [0.15, 0.2) is 0 Å². The Kier molecular flexibility index (Phi) is 4.74. The topological polar surface area (TPSA) is 0 Å². The molecule has 0 aromatic heterocycles. The number of halogens is 1. The first-order valence-corrected chi connectivity index (χ1v) is 6.92. The molecule has 0 aromatic rings. The molecule has 1 aliphatic heterocycles. The summed E-state index contributed by atoms with van der Waals surface area (Å²) in [5.41, 5.74) is 0. The average molecular weight is 179 g/mol. The van der Waals surface area contributed by atoms with Crippen LogP contribution in [0.1, 0.15) is 38.5 Å². The van der Waals surface area contributed by atoms with Crippen LogP contribution >= 0.6 is 18.5 Å². The second kappa shape index (κ2) is 5.38. The highest BCUT2D eigenvalue weighted by atomic mass is 35.7. The lowest BCUT2D eigenvalue weighted by Crippen LogP contribution is -1.82. The highest BCUT2D eigenvalue weighted by molar-refractivity contribution is 7.83. The molecule has 0 atom stereocenters. The van der Waals surface area contributed by atoms with Gasteiger partial charge in [0.05, 0.1) is 0 Å². The monoisotopic (exact) mass is 178 g/mol. The van der Waals surface area contributed by atoms with Crippen LogP contribution in [0.4, 0.5) is 0 Å². The van der Waals surface area contributed by atoms with E-state index in [1.807, 2.05) is 0 Å². The molecule has 2 heteroatoms. The molecule has 60 valence electrons. The van der Waals surface area contributed by atoms with Crippen LogP contribution < -0.4 is 0 Å². The van der Waals surface area contributed by atoms with Gasteiger partial charge in [-0.2, -0.15) is 0 Å². The van der Waals surface area contributed by atoms with Gasteiger partial charge in [0, 0.05) is 0 Å². The van der Waals surface area contributed by atoms with Crippen LogP contribution in [0.2, 0.25) is 0 Å². The molecule has 0 saturated carbocycles. The van der Waals surface area contributed by atoms with E-state index < -0.39 is 0 Å². The maximum absolute atomic E-state index is 6.13. The first kappa shape index (κ1) is 8.81. The fourth-order valence-electron chi connectivity index (χ4n) is 1.39. The molecular weight excluding hydrogens is 163 g/mol. The van der Waals surface area contributed by atoms with E-state index in [2.05, 4.69) is 0 Å². The average Bonchev–Trinajstić information content (AvgIpc) is 2.02. The maximum atomic E-state index is 6.13. The minimum Gasteiger partial charge on any atom is -0.0964 e. The van der Waals surface area contributed by atoms with Gasteiger partial charge in [-0.15, -0.1) is 0 Å². The van der Waals surface area contributed by atoms with Gasteiger partial charge in [0.25, 0.3) is 0 Å². The van der Waals surface area contributed by atoms with Crippen LogP contribution in [-0.4, -0.2) is 12.3 Å². The van der Waals surface area contributed by atoms with Crippen molar-refractivity contribution in [2.75, 3.05) is 12.3 Å². The van der Waals surface area contributed by atoms with Crippen molar-refractivity contribution in [3.05, 3.63) is 0 Å². The van der Waals surface area contributed by atoms with Gasteiger partial charge < -0.3 is 0 Å². The Bertz CT molecular complexity index is 75.3. The standard InChI is InChI=1S/C8H16ClP/c9-10-7-5-3-1-2-4-6-8-10/h1-8H2. The van der Waals surface area contributed by atoms with E-state index in [1.54, 1.807) is 0 Å². The van der Waals surface area contributed by atoms with Gasteiger partial charge in [0.1, 0.15) is 0 Å². The summed E-state index contributed by atoms with van der Waals surface area (Å²) in [5, 5.41) is 0. The first-order chi connectivity index (χ1) is 4.89. The minimum atomic E-state index is -0.0801. The van der Waals surface area contributed by atoms with Crippen LogP contribution in [0.15, 0.2) is 0 Å². The largest absolute Gasteiger partial charge is 0.0964 e. The number of hydrogen-bond donors (Lipinski definition) is 0. The molecule has 1 rings (SSSR count). The molecule has 0 aliphatic carbocycles. The van der Waals surface area contributed by atoms with Gasteiger partial charge in [-0.1, -0.05) is 36.9 Å². The zero-order valence-electron chi connectivity index (χ0n) is 6.48. The van der Waals surface area contributed by atoms with E-state index in [4.69, 9.17) is 11.2 Å². The van der Waals surface area contributed by atoms with Crippen molar-refractivity contribution in [3.8, 4) is 0 Å². The summed E-state index contributed by atoms with van der Waals surface area (Å²) in [6.45, 7) is 0. The van der Waals surface area contributed by atoms with Crippen molar-refractivity contribution in [2.45, 2.75) is 38.5 Å². The third kappa shape index (κ3) is 3.78. The SMILES string of the molecule is ClP1CCCCCCCC1. The Morgan fingerprint density at radius 1 is 0.700 bits per heavy atom. The van der Waals surface area contributed by atoms with E-state index >= 15 is 0 Å². The molecule has 10 heavy (non-hydrogen) atoms. The summed E-state index contributed by atoms with van der Waals surface area (Å²) >= 11 is 6.13. The van der Waals surface area contributed by atoms with E-state index in [9.17, 15) is 0 Å². The first-order valence-electron chi connectivity index (χ1n) is 4.30. The van der Waals surface area contributed by atoms with E-state index in [1.165, 1.54) is 50.8 Å². The highest BCUT2D eigenvalue weighted by Gasteiger charge is 2.05. The van der Waals surface area contributed by atoms with Crippen LogP contribution in [0.5, 0.6) is 0 Å². The Labute approximate surface area is 69.9 Å². The predicted octanol–water partition coefficient (Wildman–Crippen LogP) is 3.98. The molecule has 0 bridgehead atoms. The van der Waals surface area contributed by atoms with Crippen molar-refractivity contribution in [1.29, 1.82) is 0 Å². The normalized spacial score (nSPS) is 24.9. The Morgan fingerprint density at radius 2 is 1.10 bits per heavy atom. The van der Waals surface area contributed by atoms with Gasteiger partial charge >= 0.3 is 0 Å². The fraction of sp³-hybridized carbons (Fsp3) is 1.00. The molecule has 0 amide bonds. The van der Waals surface area contributed by atoms with Crippen molar-refractivity contribution < 1.29 is 0 Å². The van der Waals surface area contributed by atoms with Crippen LogP contribution in [0, 0.1) is 0 Å². The predicted molar refractivity (Wildman–Crippen MR) is 50.2 cm³/mol. The van der Waals surface area contributed by atoms with Crippen LogP contribution in [-0.2, 0) is 0 Å². The summed E-state index contributed by atoms with van der Waals surface area (Å²) in [4.78, 5) is 0. The molecule has 0 unspecified atom stereocenters. The van der Waals surface area contributed by atoms with E-state index in [0.29, 0.717) is 0 Å². The molecule has 1 saturated heterocycles. The van der Waals surface area contributed by atoms with Gasteiger partial charge in [-0.3, -0.25) is 0 Å². The van der Waals surface area contributed by atoms with Crippen molar-refractivity contribution in [2.24, 2.45) is 0 Å². The molecule has 0 nitrogen and oxygen atoms in total. The zero-order chi connectivity index (χ0) is 7.23. The van der Waals surface area contributed by atoms with Gasteiger partial charge in [-0.25, -0.2) is 0 Å². The molecule has 0 radical (unpaired) electrons. The third-order valence-corrected chi connectivity index (χ3v) is 4.67. The Balaban J connectivity index is 2.15. The maximum Gasteiger partial charge on any atom is -0.00973 e. The molecule has 0 spiro atoms. The summed E-state index contributed by atoms with van der Waals surface area (Å²) in [5.74, 6) is 0. The van der Waals surface area contributed by atoms with E-state index in [-0.39, 0.29) is 7.27 Å². The summed E-state index contributed by atoms with van der Waals surface area (Å²) in [6.07, 6.45) is 11.1. The lowest BCUT2D eigenvalue weighted by molar-refractivity contribution is 0.636. The molecule has 1 aliphatic rings. The lowest BCUT2D eigenvalue weighted by atomic mass is 10.1. The Morgan fingerprint density at radius 3 is 1.60 bits per heavy atom. The van der Waals surface area contributed by atoms with Crippen LogP contribution in [0.3, 0.4) is 0 Å². The van der Waals surface area contributed by atoms with Gasteiger partial charge in [-0.05, 0) is 32.4 Å². The minimum absolute atomic E-state index is 0.0801. The van der Waals surface area contributed by atoms with Crippen LogP contribution in [0.25, 0.3) is 0 Å². The van der Waals surface area contributed by atoms with Gasteiger partial charge in [0.2, 0.25) is 0 Å². The third-order valence-electron chi connectivity index (χ3n) is 2.05. The van der Waals surface area contributed by atoms with Crippen molar-refractivity contribution in [3.63, 3.8) is 0 Å². The summed E-state index contributed by atoms with van der Waals surface area (Å²) in [7, 11) is -0.0801. The fourth-order valence-corrected chi connectivity index (χ4v) is 3.46. The highest BCUT2D eigenvalue weighted by Crippen LogP contribution is 2.43. The molecule has 0 N–H and O–H groups in total.